The number of ether oxygens (including phenoxy) is 1. The predicted molar refractivity (Wildman–Crippen MR) is 89.6 cm³/mol. The summed E-state index contributed by atoms with van der Waals surface area (Å²) >= 11 is 0. The quantitative estimate of drug-likeness (QED) is 0.871. The van der Waals surface area contributed by atoms with E-state index in [-0.39, 0.29) is 11.6 Å². The number of nitrogens with one attached hydrogen (secondary N) is 1. The van der Waals surface area contributed by atoms with Gasteiger partial charge < -0.3 is 14.6 Å². The Morgan fingerprint density at radius 3 is 2.57 bits per heavy atom. The predicted octanol–water partition coefficient (Wildman–Crippen LogP) is 3.95. The summed E-state index contributed by atoms with van der Waals surface area (Å²) in [7, 11) is 0. The Morgan fingerprint density at radius 2 is 1.90 bits per heavy atom. The highest BCUT2D eigenvalue weighted by atomic mass is 16.5. The number of fused-ring (bicyclic) bond motifs is 1. The number of benzene rings is 1. The van der Waals surface area contributed by atoms with Crippen LogP contribution in [0.5, 0.6) is 0 Å². The molecule has 116 valence electrons. The van der Waals surface area contributed by atoms with Crippen molar-refractivity contribution in [1.29, 1.82) is 0 Å². The minimum atomic E-state index is 0.121. The number of aromatic nitrogens is 1. The van der Waals surface area contributed by atoms with E-state index >= 15 is 0 Å². The van der Waals surface area contributed by atoms with E-state index in [1.165, 1.54) is 16.6 Å². The summed E-state index contributed by atoms with van der Waals surface area (Å²) in [6.07, 6.45) is 0.281. The third-order valence-corrected chi connectivity index (χ3v) is 3.46. The summed E-state index contributed by atoms with van der Waals surface area (Å²) in [6, 6.07) is 10.8. The molecule has 0 aliphatic carbocycles. The average molecular weight is 288 g/mol. The number of hydrogen-bond acceptors (Lipinski definition) is 2. The minimum absolute atomic E-state index is 0.121. The monoisotopic (exact) mass is 288 g/mol. The van der Waals surface area contributed by atoms with Crippen molar-refractivity contribution >= 4 is 10.9 Å². The molecular formula is C18H28N2O. The van der Waals surface area contributed by atoms with Crippen LogP contribution in [0, 0.1) is 0 Å². The molecule has 1 heterocycles. The first kappa shape index (κ1) is 16.1. The van der Waals surface area contributed by atoms with Crippen LogP contribution in [0.25, 0.3) is 10.9 Å². The van der Waals surface area contributed by atoms with Crippen molar-refractivity contribution in [2.24, 2.45) is 0 Å². The van der Waals surface area contributed by atoms with Gasteiger partial charge in [0.1, 0.15) is 0 Å². The van der Waals surface area contributed by atoms with E-state index in [9.17, 15) is 0 Å². The van der Waals surface area contributed by atoms with E-state index in [1.54, 1.807) is 0 Å². The minimum Gasteiger partial charge on any atom is -0.377 e. The van der Waals surface area contributed by atoms with Crippen LogP contribution in [0.4, 0.5) is 0 Å². The van der Waals surface area contributed by atoms with Crippen LogP contribution < -0.4 is 5.32 Å². The van der Waals surface area contributed by atoms with Gasteiger partial charge >= 0.3 is 0 Å². The molecule has 0 unspecified atom stereocenters. The lowest BCUT2D eigenvalue weighted by atomic mass is 10.1. The van der Waals surface area contributed by atoms with Gasteiger partial charge in [0.25, 0.3) is 0 Å². The van der Waals surface area contributed by atoms with Crippen molar-refractivity contribution in [3.63, 3.8) is 0 Å². The molecular weight excluding hydrogens is 260 g/mol. The first-order valence-corrected chi connectivity index (χ1v) is 7.80. The Hall–Kier alpha value is -1.32. The van der Waals surface area contributed by atoms with Gasteiger partial charge in [0.2, 0.25) is 0 Å². The molecule has 0 saturated carbocycles. The molecule has 0 saturated heterocycles. The molecule has 0 radical (unpaired) electrons. The highest BCUT2D eigenvalue weighted by Crippen LogP contribution is 2.20. The molecule has 0 atom stereocenters. The van der Waals surface area contributed by atoms with Crippen LogP contribution in [0.15, 0.2) is 30.3 Å². The third kappa shape index (κ3) is 4.58. The van der Waals surface area contributed by atoms with Crippen molar-refractivity contribution in [3.05, 3.63) is 36.0 Å². The molecule has 0 aliphatic rings. The lowest BCUT2D eigenvalue weighted by Crippen LogP contribution is -2.35. The van der Waals surface area contributed by atoms with Crippen molar-refractivity contribution in [1.82, 2.24) is 9.88 Å². The van der Waals surface area contributed by atoms with Crippen molar-refractivity contribution in [3.8, 4) is 0 Å². The number of nitrogens with zero attached hydrogens (tertiary/aromatic N) is 1. The maximum atomic E-state index is 5.72. The van der Waals surface area contributed by atoms with Crippen molar-refractivity contribution < 1.29 is 4.74 Å². The van der Waals surface area contributed by atoms with Crippen LogP contribution >= 0.6 is 0 Å². The van der Waals surface area contributed by atoms with Gasteiger partial charge in [-0.05, 0) is 52.1 Å². The van der Waals surface area contributed by atoms with Crippen molar-refractivity contribution in [2.45, 2.75) is 59.4 Å². The lowest BCUT2D eigenvalue weighted by Gasteiger charge is -2.21. The number of hydrogen-bond donors (Lipinski definition) is 1. The van der Waals surface area contributed by atoms with Gasteiger partial charge in [-0.2, -0.15) is 0 Å². The highest BCUT2D eigenvalue weighted by Gasteiger charge is 2.13. The second kappa shape index (κ2) is 6.63. The van der Waals surface area contributed by atoms with E-state index in [2.05, 4.69) is 74.8 Å². The van der Waals surface area contributed by atoms with Gasteiger partial charge in [0.15, 0.2) is 0 Å². The smallest absolute Gasteiger partial charge is 0.0649 e. The van der Waals surface area contributed by atoms with E-state index in [0.29, 0.717) is 0 Å². The van der Waals surface area contributed by atoms with Gasteiger partial charge in [-0.15, -0.1) is 0 Å². The summed E-state index contributed by atoms with van der Waals surface area (Å²) in [5.41, 5.74) is 2.73. The average Bonchev–Trinajstić information content (AvgIpc) is 2.74. The second-order valence-electron chi connectivity index (χ2n) is 6.87. The summed E-state index contributed by atoms with van der Waals surface area (Å²) in [6.45, 7) is 13.3. The molecule has 21 heavy (non-hydrogen) atoms. The third-order valence-electron chi connectivity index (χ3n) is 3.46. The van der Waals surface area contributed by atoms with E-state index in [4.69, 9.17) is 4.74 Å². The lowest BCUT2D eigenvalue weighted by molar-refractivity contribution is 0.0729. The number of para-hydroxylation sites is 1. The molecule has 3 heteroatoms. The number of rotatable bonds is 6. The van der Waals surface area contributed by atoms with Gasteiger partial charge in [-0.3, -0.25) is 0 Å². The molecule has 3 nitrogen and oxygen atoms in total. The van der Waals surface area contributed by atoms with Gasteiger partial charge in [-0.25, -0.2) is 0 Å². The molecule has 2 rings (SSSR count). The first-order chi connectivity index (χ1) is 9.87. The Balaban J connectivity index is 2.21. The topological polar surface area (TPSA) is 26.2 Å². The van der Waals surface area contributed by atoms with E-state index in [1.807, 2.05) is 0 Å². The summed E-state index contributed by atoms with van der Waals surface area (Å²) in [4.78, 5) is 0. The molecule has 1 N–H and O–H groups in total. The van der Waals surface area contributed by atoms with Crippen LogP contribution in [0.3, 0.4) is 0 Å². The Labute approximate surface area is 128 Å². The van der Waals surface area contributed by atoms with Crippen molar-refractivity contribution in [2.75, 3.05) is 6.61 Å². The van der Waals surface area contributed by atoms with Crippen LogP contribution in [0.1, 0.15) is 40.3 Å². The zero-order chi connectivity index (χ0) is 15.5. The fourth-order valence-electron chi connectivity index (χ4n) is 2.41. The molecule has 0 fully saturated rings. The highest BCUT2D eigenvalue weighted by molar-refractivity contribution is 5.81. The Morgan fingerprint density at radius 1 is 1.19 bits per heavy atom. The Kier molecular flexibility index (Phi) is 5.07. The van der Waals surface area contributed by atoms with Crippen LogP contribution in [-0.4, -0.2) is 22.8 Å². The first-order valence-electron chi connectivity index (χ1n) is 7.80. The zero-order valence-corrected chi connectivity index (χ0v) is 13.9. The molecule has 0 spiro atoms. The van der Waals surface area contributed by atoms with E-state index in [0.717, 1.165) is 19.7 Å². The van der Waals surface area contributed by atoms with Crippen LogP contribution in [0.2, 0.25) is 0 Å². The Bertz CT molecular complexity index is 578. The summed E-state index contributed by atoms with van der Waals surface area (Å²) < 4.78 is 8.09. The second-order valence-corrected chi connectivity index (χ2v) is 6.87. The molecule has 0 bridgehead atoms. The molecule has 1 aromatic carbocycles. The molecule has 1 aromatic heterocycles. The largest absolute Gasteiger partial charge is 0.377 e. The van der Waals surface area contributed by atoms with Gasteiger partial charge in [-0.1, -0.05) is 18.2 Å². The fraction of sp³-hybridized carbons (Fsp3) is 0.556. The fourth-order valence-corrected chi connectivity index (χ4v) is 2.41. The maximum Gasteiger partial charge on any atom is 0.0649 e. The maximum absolute atomic E-state index is 5.72. The normalized spacial score (nSPS) is 12.5. The van der Waals surface area contributed by atoms with E-state index < -0.39 is 0 Å². The summed E-state index contributed by atoms with van der Waals surface area (Å²) in [5.74, 6) is 0. The molecule has 2 aromatic rings. The SMILES string of the molecule is CC(C)OCCn1c(CNC(C)(C)C)cc2ccccc21. The molecule has 0 aliphatic heterocycles. The molecule has 0 amide bonds. The standard InChI is InChI=1S/C18H28N2O/c1-14(2)21-11-10-20-16(13-19-18(3,4)5)12-15-8-6-7-9-17(15)20/h6-9,12,14,19H,10-11,13H2,1-5H3. The van der Waals surface area contributed by atoms with Gasteiger partial charge in [0, 0.05) is 29.8 Å². The zero-order valence-electron chi connectivity index (χ0n) is 13.9. The van der Waals surface area contributed by atoms with Gasteiger partial charge in [0.05, 0.1) is 12.7 Å². The summed E-state index contributed by atoms with van der Waals surface area (Å²) in [5, 5.41) is 4.88. The van der Waals surface area contributed by atoms with Crippen LogP contribution in [-0.2, 0) is 17.8 Å².